The molecular formula is C18H23N3O4S. The quantitative estimate of drug-likeness (QED) is 0.847. The van der Waals surface area contributed by atoms with Crippen molar-refractivity contribution in [3.8, 4) is 0 Å². The summed E-state index contributed by atoms with van der Waals surface area (Å²) >= 11 is 0. The fourth-order valence-electron chi connectivity index (χ4n) is 3.55. The average molecular weight is 377 g/mol. The van der Waals surface area contributed by atoms with E-state index in [0.717, 1.165) is 49.9 Å². The van der Waals surface area contributed by atoms with Gasteiger partial charge >= 0.3 is 0 Å². The molecule has 1 saturated heterocycles. The zero-order valence-corrected chi connectivity index (χ0v) is 15.4. The molecule has 7 nitrogen and oxygen atoms in total. The van der Waals surface area contributed by atoms with Gasteiger partial charge in [-0.3, -0.25) is 4.90 Å². The van der Waals surface area contributed by atoms with Crippen molar-refractivity contribution in [1.29, 1.82) is 0 Å². The third kappa shape index (κ3) is 3.83. The van der Waals surface area contributed by atoms with Gasteiger partial charge in [0.1, 0.15) is 11.5 Å². The minimum absolute atomic E-state index is 0.143. The van der Waals surface area contributed by atoms with E-state index in [-0.39, 0.29) is 6.04 Å². The van der Waals surface area contributed by atoms with E-state index in [2.05, 4.69) is 14.8 Å². The lowest BCUT2D eigenvalue weighted by Gasteiger charge is -2.27. The second-order valence-electron chi connectivity index (χ2n) is 6.79. The summed E-state index contributed by atoms with van der Waals surface area (Å²) in [6.45, 7) is 3.96. The van der Waals surface area contributed by atoms with Crippen LogP contribution in [-0.2, 0) is 34.1 Å². The number of hydrogen-bond acceptors (Lipinski definition) is 6. The van der Waals surface area contributed by atoms with Crippen molar-refractivity contribution in [2.75, 3.05) is 26.3 Å². The van der Waals surface area contributed by atoms with Gasteiger partial charge in [-0.05, 0) is 25.0 Å². The van der Waals surface area contributed by atoms with Crippen LogP contribution in [0.4, 0.5) is 0 Å². The molecule has 1 N–H and O–H groups in total. The van der Waals surface area contributed by atoms with E-state index in [1.807, 2.05) is 0 Å². The van der Waals surface area contributed by atoms with Crippen LogP contribution in [0.2, 0.25) is 0 Å². The third-order valence-electron chi connectivity index (χ3n) is 4.97. The van der Waals surface area contributed by atoms with Gasteiger partial charge in [-0.1, -0.05) is 23.4 Å². The van der Waals surface area contributed by atoms with Crippen LogP contribution < -0.4 is 4.72 Å². The smallest absolute Gasteiger partial charge is 0.240 e. The molecule has 2 aliphatic rings. The van der Waals surface area contributed by atoms with Crippen LogP contribution >= 0.6 is 0 Å². The topological polar surface area (TPSA) is 84.7 Å². The Balaban J connectivity index is 1.46. The molecule has 1 fully saturated rings. The van der Waals surface area contributed by atoms with Crippen LogP contribution in [-0.4, -0.2) is 50.8 Å². The van der Waals surface area contributed by atoms with E-state index in [0.29, 0.717) is 24.2 Å². The van der Waals surface area contributed by atoms with Crippen LogP contribution in [0, 0.1) is 0 Å². The minimum Gasteiger partial charge on any atom is -0.379 e. The first-order valence-electron chi connectivity index (χ1n) is 8.95. The molecule has 2 heterocycles. The number of sulfonamides is 1. The van der Waals surface area contributed by atoms with Crippen LogP contribution in [0.1, 0.15) is 23.4 Å². The molecule has 0 amide bonds. The van der Waals surface area contributed by atoms with Gasteiger partial charge in [0.25, 0.3) is 0 Å². The number of aromatic nitrogens is 1. The van der Waals surface area contributed by atoms with Gasteiger partial charge in [0.05, 0.1) is 18.1 Å². The van der Waals surface area contributed by atoms with E-state index in [1.165, 1.54) is 0 Å². The van der Waals surface area contributed by atoms with Crippen molar-refractivity contribution in [2.45, 2.75) is 36.7 Å². The number of nitrogens with one attached hydrogen (secondary N) is 1. The maximum atomic E-state index is 12.6. The molecule has 0 radical (unpaired) electrons. The Morgan fingerprint density at radius 1 is 1.19 bits per heavy atom. The van der Waals surface area contributed by atoms with Crippen molar-refractivity contribution in [2.24, 2.45) is 0 Å². The average Bonchev–Trinajstić information content (AvgIpc) is 3.05. The Hall–Kier alpha value is -1.74. The predicted octanol–water partition coefficient (Wildman–Crippen LogP) is 1.34. The molecule has 4 rings (SSSR count). The second kappa shape index (κ2) is 7.48. The third-order valence-corrected chi connectivity index (χ3v) is 6.51. The molecule has 1 aliphatic heterocycles. The number of hydrogen-bond donors (Lipinski definition) is 1. The van der Waals surface area contributed by atoms with E-state index in [4.69, 9.17) is 9.26 Å². The van der Waals surface area contributed by atoms with Crippen molar-refractivity contribution in [1.82, 2.24) is 14.8 Å². The van der Waals surface area contributed by atoms with E-state index < -0.39 is 10.0 Å². The molecule has 1 atom stereocenters. The van der Waals surface area contributed by atoms with Crippen molar-refractivity contribution in [3.05, 3.63) is 47.3 Å². The first-order valence-corrected chi connectivity index (χ1v) is 10.4. The summed E-state index contributed by atoms with van der Waals surface area (Å²) in [6.07, 6.45) is 2.03. The minimum atomic E-state index is -3.51. The Kier molecular flexibility index (Phi) is 5.08. The maximum Gasteiger partial charge on any atom is 0.240 e. The zero-order chi connectivity index (χ0) is 18.0. The van der Waals surface area contributed by atoms with Crippen molar-refractivity contribution < 1.29 is 17.7 Å². The van der Waals surface area contributed by atoms with Gasteiger partial charge in [0.15, 0.2) is 0 Å². The summed E-state index contributed by atoms with van der Waals surface area (Å²) in [6, 6.07) is 8.35. The van der Waals surface area contributed by atoms with E-state index in [1.54, 1.807) is 30.3 Å². The lowest BCUT2D eigenvalue weighted by atomic mass is 9.92. The maximum absolute atomic E-state index is 12.6. The number of ether oxygens (including phenoxy) is 1. The molecule has 8 heteroatoms. The lowest BCUT2D eigenvalue weighted by molar-refractivity contribution is 0.0331. The van der Waals surface area contributed by atoms with Gasteiger partial charge in [0, 0.05) is 37.7 Å². The van der Waals surface area contributed by atoms with Crippen LogP contribution in [0.3, 0.4) is 0 Å². The zero-order valence-electron chi connectivity index (χ0n) is 14.6. The van der Waals surface area contributed by atoms with E-state index in [9.17, 15) is 8.42 Å². The standard InChI is InChI=1S/C18H23N3O4S/c22-26(23,15-4-2-1-3-5-15)20-14-6-7-18-16(12-14)17(19-25-18)13-21-8-10-24-11-9-21/h1-5,14,20H,6-13H2. The summed E-state index contributed by atoms with van der Waals surface area (Å²) in [5.41, 5.74) is 1.98. The first-order chi connectivity index (χ1) is 12.6. The summed E-state index contributed by atoms with van der Waals surface area (Å²) in [5, 5.41) is 4.25. The highest BCUT2D eigenvalue weighted by molar-refractivity contribution is 7.89. The van der Waals surface area contributed by atoms with Gasteiger partial charge in [0.2, 0.25) is 10.0 Å². The molecule has 0 bridgehead atoms. The Morgan fingerprint density at radius 2 is 1.96 bits per heavy atom. The molecular weight excluding hydrogens is 354 g/mol. The fraction of sp³-hybridized carbons (Fsp3) is 0.500. The van der Waals surface area contributed by atoms with Gasteiger partial charge < -0.3 is 9.26 Å². The molecule has 1 aromatic carbocycles. The molecule has 1 aliphatic carbocycles. The predicted molar refractivity (Wildman–Crippen MR) is 95.2 cm³/mol. The Labute approximate surface area is 153 Å². The molecule has 0 saturated carbocycles. The van der Waals surface area contributed by atoms with Crippen LogP contribution in [0.5, 0.6) is 0 Å². The van der Waals surface area contributed by atoms with Gasteiger partial charge in [-0.25, -0.2) is 13.1 Å². The molecule has 0 spiro atoms. The highest BCUT2D eigenvalue weighted by Gasteiger charge is 2.29. The molecule has 1 unspecified atom stereocenters. The summed E-state index contributed by atoms with van der Waals surface area (Å²) in [7, 11) is -3.51. The summed E-state index contributed by atoms with van der Waals surface area (Å²) in [5.74, 6) is 0.892. The molecule has 26 heavy (non-hydrogen) atoms. The van der Waals surface area contributed by atoms with Gasteiger partial charge in [-0.2, -0.15) is 0 Å². The first kappa shape index (κ1) is 17.7. The number of benzene rings is 1. The number of fused-ring (bicyclic) bond motifs is 1. The fourth-order valence-corrected chi connectivity index (χ4v) is 4.84. The highest BCUT2D eigenvalue weighted by atomic mass is 32.2. The largest absolute Gasteiger partial charge is 0.379 e. The number of morpholine rings is 1. The lowest BCUT2D eigenvalue weighted by Crippen LogP contribution is -2.39. The number of rotatable bonds is 5. The Bertz CT molecular complexity index is 845. The van der Waals surface area contributed by atoms with Crippen LogP contribution in [0.15, 0.2) is 39.8 Å². The van der Waals surface area contributed by atoms with Gasteiger partial charge in [-0.15, -0.1) is 0 Å². The van der Waals surface area contributed by atoms with E-state index >= 15 is 0 Å². The highest BCUT2D eigenvalue weighted by Crippen LogP contribution is 2.26. The summed E-state index contributed by atoms with van der Waals surface area (Å²) in [4.78, 5) is 2.59. The molecule has 1 aromatic heterocycles. The number of nitrogens with zero attached hydrogens (tertiary/aromatic N) is 2. The normalized spacial score (nSPS) is 21.5. The van der Waals surface area contributed by atoms with Crippen LogP contribution in [0.25, 0.3) is 0 Å². The monoisotopic (exact) mass is 377 g/mol. The molecule has 2 aromatic rings. The number of aryl methyl sites for hydroxylation is 1. The van der Waals surface area contributed by atoms with Crippen molar-refractivity contribution >= 4 is 10.0 Å². The Morgan fingerprint density at radius 3 is 2.73 bits per heavy atom. The second-order valence-corrected chi connectivity index (χ2v) is 8.51. The molecule has 140 valence electrons. The van der Waals surface area contributed by atoms with Crippen molar-refractivity contribution in [3.63, 3.8) is 0 Å². The SMILES string of the molecule is O=S(=O)(NC1CCc2onc(CN3CCOCC3)c2C1)c1ccccc1. The summed E-state index contributed by atoms with van der Waals surface area (Å²) < 4.78 is 38.9.